The predicted molar refractivity (Wildman–Crippen MR) is 113 cm³/mol. The quantitative estimate of drug-likeness (QED) is 0.148. The molecule has 1 unspecified atom stereocenters. The van der Waals surface area contributed by atoms with Gasteiger partial charge < -0.3 is 4.74 Å². The molecule has 0 saturated carbocycles. The van der Waals surface area contributed by atoms with Crippen LogP contribution in [0.15, 0.2) is 24.3 Å². The van der Waals surface area contributed by atoms with Gasteiger partial charge in [0.25, 0.3) is 0 Å². The molecule has 2 heteroatoms. The Morgan fingerprint density at radius 3 is 1.84 bits per heavy atom. The topological polar surface area (TPSA) is 12.5 Å². The van der Waals surface area contributed by atoms with E-state index in [1.54, 1.807) is 0 Å². The Balaban J connectivity index is 3.27. The van der Waals surface area contributed by atoms with Crippen molar-refractivity contribution in [3.63, 3.8) is 0 Å². The zero-order chi connectivity index (χ0) is 18.6. The number of hydrogen-bond donors (Lipinski definition) is 0. The molecule has 0 aromatic heterocycles. The molecule has 1 atom stereocenters. The van der Waals surface area contributed by atoms with Crippen molar-refractivity contribution in [3.8, 4) is 0 Å². The van der Waals surface area contributed by atoms with Gasteiger partial charge in [-0.25, -0.2) is 0 Å². The molecular weight excluding hydrogens is 306 g/mol. The van der Waals surface area contributed by atoms with Crippen molar-refractivity contribution in [2.45, 2.75) is 104 Å². The van der Waals surface area contributed by atoms with Gasteiger partial charge in [-0.3, -0.25) is 4.90 Å². The summed E-state index contributed by atoms with van der Waals surface area (Å²) in [5, 5.41) is 0. The Bertz CT molecular complexity index is 309. The normalized spacial score (nSPS) is 13.5. The maximum absolute atomic E-state index is 5.88. The minimum Gasteiger partial charge on any atom is -0.363 e. The van der Waals surface area contributed by atoms with Crippen LogP contribution in [0.4, 0.5) is 0 Å². The van der Waals surface area contributed by atoms with Crippen molar-refractivity contribution in [1.29, 1.82) is 0 Å². The highest BCUT2D eigenvalue weighted by atomic mass is 16.5. The van der Waals surface area contributed by atoms with E-state index in [4.69, 9.17) is 4.74 Å². The van der Waals surface area contributed by atoms with E-state index >= 15 is 0 Å². The smallest absolute Gasteiger partial charge is 0.109 e. The third kappa shape index (κ3) is 18.0. The molecule has 0 spiro atoms. The highest BCUT2D eigenvalue weighted by Gasteiger charge is 2.07. The molecule has 0 saturated heterocycles. The molecule has 0 heterocycles. The van der Waals surface area contributed by atoms with Crippen molar-refractivity contribution >= 4 is 0 Å². The van der Waals surface area contributed by atoms with Gasteiger partial charge in [-0.1, -0.05) is 76.7 Å². The third-order valence-electron chi connectivity index (χ3n) is 4.58. The van der Waals surface area contributed by atoms with E-state index in [1.807, 2.05) is 0 Å². The molecule has 2 nitrogen and oxygen atoms in total. The highest BCUT2D eigenvalue weighted by molar-refractivity contribution is 4.92. The minimum atomic E-state index is 0.290. The maximum Gasteiger partial charge on any atom is 0.109 e. The van der Waals surface area contributed by atoms with Gasteiger partial charge in [0.1, 0.15) is 6.23 Å². The van der Waals surface area contributed by atoms with Crippen LogP contribution in [0.25, 0.3) is 0 Å². The largest absolute Gasteiger partial charge is 0.363 e. The van der Waals surface area contributed by atoms with Gasteiger partial charge >= 0.3 is 0 Å². The first kappa shape index (κ1) is 24.4. The van der Waals surface area contributed by atoms with Crippen LogP contribution in [-0.4, -0.2) is 31.8 Å². The second-order valence-electron chi connectivity index (χ2n) is 7.28. The molecule has 0 aromatic rings. The third-order valence-corrected chi connectivity index (χ3v) is 4.58. The summed E-state index contributed by atoms with van der Waals surface area (Å²) < 4.78 is 5.88. The van der Waals surface area contributed by atoms with Crippen molar-refractivity contribution in [3.05, 3.63) is 24.3 Å². The Kier molecular flexibility index (Phi) is 19.2. The van der Waals surface area contributed by atoms with Gasteiger partial charge in [0.05, 0.1) is 0 Å². The van der Waals surface area contributed by atoms with Gasteiger partial charge in [-0.2, -0.15) is 0 Å². The van der Waals surface area contributed by atoms with Crippen LogP contribution in [-0.2, 0) is 4.74 Å². The van der Waals surface area contributed by atoms with Gasteiger partial charge in [-0.15, -0.1) is 0 Å². The van der Waals surface area contributed by atoms with Gasteiger partial charge in [0, 0.05) is 6.61 Å². The van der Waals surface area contributed by atoms with E-state index in [0.29, 0.717) is 0 Å². The van der Waals surface area contributed by atoms with Crippen LogP contribution < -0.4 is 0 Å². The molecule has 0 aromatic carbocycles. The fraction of sp³-hybridized carbons (Fsp3) is 0.826. The number of unbranched alkanes of at least 4 members (excludes halogenated alkanes) is 9. The van der Waals surface area contributed by atoms with Crippen molar-refractivity contribution < 1.29 is 4.74 Å². The zero-order valence-corrected chi connectivity index (χ0v) is 17.6. The summed E-state index contributed by atoms with van der Waals surface area (Å²) in [6, 6.07) is 0. The first-order valence-corrected chi connectivity index (χ1v) is 10.8. The van der Waals surface area contributed by atoms with Crippen LogP contribution >= 0.6 is 0 Å². The fourth-order valence-electron chi connectivity index (χ4n) is 2.94. The van der Waals surface area contributed by atoms with Gasteiger partial charge in [0.2, 0.25) is 0 Å². The lowest BCUT2D eigenvalue weighted by molar-refractivity contribution is -0.0391. The first-order chi connectivity index (χ1) is 12.2. The van der Waals surface area contributed by atoms with E-state index < -0.39 is 0 Å². The molecule has 0 radical (unpaired) electrons. The van der Waals surface area contributed by atoms with Crippen molar-refractivity contribution in [1.82, 2.24) is 4.90 Å². The summed E-state index contributed by atoms with van der Waals surface area (Å²) in [5.41, 5.74) is 0. The average Bonchev–Trinajstić information content (AvgIpc) is 2.60. The van der Waals surface area contributed by atoms with E-state index in [1.165, 1.54) is 70.6 Å². The summed E-state index contributed by atoms with van der Waals surface area (Å²) in [7, 11) is 4.18. The zero-order valence-electron chi connectivity index (χ0n) is 17.6. The lowest BCUT2D eigenvalue weighted by Crippen LogP contribution is -2.30. The van der Waals surface area contributed by atoms with Crippen LogP contribution in [0.5, 0.6) is 0 Å². The van der Waals surface area contributed by atoms with Crippen LogP contribution in [0.2, 0.25) is 0 Å². The summed E-state index contributed by atoms with van der Waals surface area (Å²) in [6.07, 6.45) is 26.3. The molecule has 0 aliphatic rings. The van der Waals surface area contributed by atoms with E-state index in [2.05, 4.69) is 57.1 Å². The summed E-state index contributed by atoms with van der Waals surface area (Å²) in [4.78, 5) is 2.16. The van der Waals surface area contributed by atoms with Crippen molar-refractivity contribution in [2.24, 2.45) is 0 Å². The van der Waals surface area contributed by atoms with E-state index in [9.17, 15) is 0 Å². The number of allylic oxidation sites excluding steroid dienone is 4. The van der Waals surface area contributed by atoms with Crippen LogP contribution in [0, 0.1) is 0 Å². The lowest BCUT2D eigenvalue weighted by atomic mass is 10.1. The molecule has 0 fully saturated rings. The second kappa shape index (κ2) is 19.7. The number of hydrogen-bond acceptors (Lipinski definition) is 2. The van der Waals surface area contributed by atoms with E-state index in [-0.39, 0.29) is 6.23 Å². The summed E-state index contributed by atoms with van der Waals surface area (Å²) in [6.45, 7) is 5.35. The Morgan fingerprint density at radius 2 is 1.28 bits per heavy atom. The number of rotatable bonds is 18. The predicted octanol–water partition coefficient (Wildman–Crippen LogP) is 7.11. The molecule has 0 amide bonds. The SMILES string of the molecule is CCCCC/C=C\C/C=C\CCCCCCCCOC(CC)N(C)C. The fourth-order valence-corrected chi connectivity index (χ4v) is 2.94. The minimum absolute atomic E-state index is 0.290. The van der Waals surface area contributed by atoms with Crippen LogP contribution in [0.1, 0.15) is 97.3 Å². The average molecular weight is 352 g/mol. The van der Waals surface area contributed by atoms with Gasteiger partial charge in [-0.05, 0) is 59.0 Å². The van der Waals surface area contributed by atoms with E-state index in [0.717, 1.165) is 19.4 Å². The molecule has 0 bridgehead atoms. The standard InChI is InChI=1S/C23H45NO/c1-5-7-8-9-10-11-12-13-14-15-16-17-18-19-20-21-22-25-23(6-2)24(3)4/h10-11,13-14,23H,5-9,12,15-22H2,1-4H3/b11-10-,14-13-. The number of ether oxygens (including phenoxy) is 1. The lowest BCUT2D eigenvalue weighted by Gasteiger charge is -2.23. The molecule has 0 aliphatic heterocycles. The first-order valence-electron chi connectivity index (χ1n) is 10.8. The Labute approximate surface area is 158 Å². The monoisotopic (exact) mass is 351 g/mol. The number of nitrogens with zero attached hydrogens (tertiary/aromatic N) is 1. The second-order valence-corrected chi connectivity index (χ2v) is 7.28. The molecule has 0 N–H and O–H groups in total. The van der Waals surface area contributed by atoms with Crippen molar-refractivity contribution in [2.75, 3.05) is 20.7 Å². The molecule has 25 heavy (non-hydrogen) atoms. The molecule has 148 valence electrons. The Morgan fingerprint density at radius 1 is 0.720 bits per heavy atom. The summed E-state index contributed by atoms with van der Waals surface area (Å²) in [5.74, 6) is 0. The Hall–Kier alpha value is -0.600. The van der Waals surface area contributed by atoms with Gasteiger partial charge in [0.15, 0.2) is 0 Å². The highest BCUT2D eigenvalue weighted by Crippen LogP contribution is 2.09. The van der Waals surface area contributed by atoms with Crippen LogP contribution in [0.3, 0.4) is 0 Å². The summed E-state index contributed by atoms with van der Waals surface area (Å²) >= 11 is 0. The molecule has 0 aliphatic carbocycles. The maximum atomic E-state index is 5.88. The molecule has 0 rings (SSSR count). The molecular formula is C23H45NO.